The van der Waals surface area contributed by atoms with Crippen LogP contribution in [0.2, 0.25) is 0 Å². The first-order valence-corrected chi connectivity index (χ1v) is 9.24. The lowest BCUT2D eigenvalue weighted by molar-refractivity contribution is -0.137. The zero-order chi connectivity index (χ0) is 20.6. The van der Waals surface area contributed by atoms with Gasteiger partial charge in [0.15, 0.2) is 16.5 Å². The van der Waals surface area contributed by atoms with Crippen LogP contribution in [0.3, 0.4) is 0 Å². The van der Waals surface area contributed by atoms with E-state index in [1.807, 2.05) is 0 Å². The molecule has 0 aliphatic heterocycles. The van der Waals surface area contributed by atoms with Gasteiger partial charge in [0, 0.05) is 16.5 Å². The number of nitrogens with zero attached hydrogens (tertiary/aromatic N) is 1. The molecule has 4 rings (SSSR count). The molecular weight excluding hydrogens is 405 g/mol. The average molecular weight is 418 g/mol. The first kappa shape index (κ1) is 19.0. The highest BCUT2D eigenvalue weighted by atomic mass is 32.1. The van der Waals surface area contributed by atoms with Crippen molar-refractivity contribution in [1.29, 1.82) is 0 Å². The number of fused-ring (bicyclic) bond motifs is 1. The molecule has 2 aromatic heterocycles. The predicted octanol–water partition coefficient (Wildman–Crippen LogP) is 5.69. The number of alkyl halides is 3. The van der Waals surface area contributed by atoms with Crippen LogP contribution in [0.5, 0.6) is 5.75 Å². The van der Waals surface area contributed by atoms with Gasteiger partial charge >= 0.3 is 11.8 Å². The van der Waals surface area contributed by atoms with Crippen LogP contribution in [0, 0.1) is 0 Å². The van der Waals surface area contributed by atoms with Gasteiger partial charge in [-0.25, -0.2) is 9.78 Å². The van der Waals surface area contributed by atoms with Gasteiger partial charge in [0.2, 0.25) is 0 Å². The number of aromatic nitrogens is 1. The van der Waals surface area contributed by atoms with E-state index >= 15 is 0 Å². The number of benzene rings is 2. The molecule has 0 bridgehead atoms. The Morgan fingerprint density at radius 2 is 1.93 bits per heavy atom. The molecule has 0 atom stereocenters. The van der Waals surface area contributed by atoms with Gasteiger partial charge in [-0.1, -0.05) is 18.2 Å². The van der Waals surface area contributed by atoms with E-state index in [0.717, 1.165) is 12.1 Å². The number of hydrogen-bond donors (Lipinski definition) is 1. The van der Waals surface area contributed by atoms with Crippen molar-refractivity contribution in [2.75, 3.05) is 12.4 Å². The summed E-state index contributed by atoms with van der Waals surface area (Å²) in [4.78, 5) is 16.7. The van der Waals surface area contributed by atoms with Crippen LogP contribution in [-0.2, 0) is 6.18 Å². The van der Waals surface area contributed by atoms with Gasteiger partial charge in [-0.15, -0.1) is 11.3 Å². The molecule has 5 nitrogen and oxygen atoms in total. The molecule has 0 aliphatic carbocycles. The summed E-state index contributed by atoms with van der Waals surface area (Å²) in [5, 5.41) is 5.49. The summed E-state index contributed by atoms with van der Waals surface area (Å²) < 4.78 is 49.2. The number of para-hydroxylation sites is 1. The monoisotopic (exact) mass is 418 g/mol. The van der Waals surface area contributed by atoms with E-state index in [2.05, 4.69) is 10.3 Å². The van der Waals surface area contributed by atoms with E-state index in [9.17, 15) is 18.0 Å². The zero-order valence-electron chi connectivity index (χ0n) is 14.9. The van der Waals surface area contributed by atoms with Gasteiger partial charge < -0.3 is 14.5 Å². The van der Waals surface area contributed by atoms with E-state index in [4.69, 9.17) is 9.15 Å². The molecule has 0 amide bonds. The van der Waals surface area contributed by atoms with E-state index in [-0.39, 0.29) is 11.3 Å². The molecule has 0 radical (unpaired) electrons. The summed E-state index contributed by atoms with van der Waals surface area (Å²) in [6.07, 6.45) is -4.43. The topological polar surface area (TPSA) is 64.4 Å². The third-order valence-electron chi connectivity index (χ3n) is 4.17. The molecule has 0 aliphatic rings. The van der Waals surface area contributed by atoms with Crippen LogP contribution in [0.4, 0.5) is 24.0 Å². The minimum absolute atomic E-state index is 0.246. The summed E-state index contributed by atoms with van der Waals surface area (Å²) in [5.41, 5.74) is -0.152. The number of methoxy groups -OCH3 is 1. The minimum Gasteiger partial charge on any atom is -0.493 e. The van der Waals surface area contributed by atoms with E-state index in [0.29, 0.717) is 27.5 Å². The van der Waals surface area contributed by atoms with Gasteiger partial charge in [0.1, 0.15) is 0 Å². The Bertz CT molecular complexity index is 1250. The SMILES string of the molecule is COc1cccc2cc(-c3csc(Nc4cccc(C(F)(F)F)c4)n3)c(=O)oc12. The predicted molar refractivity (Wildman–Crippen MR) is 105 cm³/mol. The first-order chi connectivity index (χ1) is 13.8. The zero-order valence-corrected chi connectivity index (χ0v) is 15.7. The molecule has 0 fully saturated rings. The van der Waals surface area contributed by atoms with Crippen LogP contribution in [-0.4, -0.2) is 12.1 Å². The van der Waals surface area contributed by atoms with Gasteiger partial charge in [-0.3, -0.25) is 0 Å². The molecule has 0 saturated carbocycles. The fourth-order valence-corrected chi connectivity index (χ4v) is 3.54. The molecule has 29 heavy (non-hydrogen) atoms. The number of thiazole rings is 1. The summed E-state index contributed by atoms with van der Waals surface area (Å²) in [6, 6.07) is 11.7. The van der Waals surface area contributed by atoms with E-state index in [1.54, 1.807) is 29.6 Å². The summed E-state index contributed by atoms with van der Waals surface area (Å²) in [5.74, 6) is 0.441. The molecule has 2 heterocycles. The Hall–Kier alpha value is -3.33. The van der Waals surface area contributed by atoms with Crippen molar-refractivity contribution in [3.8, 4) is 17.0 Å². The molecule has 148 valence electrons. The van der Waals surface area contributed by atoms with Crippen LogP contribution in [0.25, 0.3) is 22.2 Å². The Kier molecular flexibility index (Phi) is 4.75. The van der Waals surface area contributed by atoms with Crippen molar-refractivity contribution in [3.63, 3.8) is 0 Å². The van der Waals surface area contributed by atoms with E-state index in [1.165, 1.54) is 30.6 Å². The lowest BCUT2D eigenvalue weighted by atomic mass is 10.1. The molecule has 2 aromatic carbocycles. The van der Waals surface area contributed by atoms with Crippen molar-refractivity contribution in [1.82, 2.24) is 4.98 Å². The van der Waals surface area contributed by atoms with Crippen molar-refractivity contribution in [3.05, 3.63) is 69.9 Å². The highest BCUT2D eigenvalue weighted by molar-refractivity contribution is 7.14. The second-order valence-electron chi connectivity index (χ2n) is 6.07. The first-order valence-electron chi connectivity index (χ1n) is 8.36. The molecule has 0 spiro atoms. The molecule has 4 aromatic rings. The van der Waals surface area contributed by atoms with Gasteiger partial charge in [0.25, 0.3) is 0 Å². The number of nitrogens with one attached hydrogen (secondary N) is 1. The Balaban J connectivity index is 1.66. The number of halogens is 3. The number of rotatable bonds is 4. The minimum atomic E-state index is -4.43. The summed E-state index contributed by atoms with van der Waals surface area (Å²) >= 11 is 1.17. The van der Waals surface area contributed by atoms with Crippen molar-refractivity contribution in [2.24, 2.45) is 0 Å². The van der Waals surface area contributed by atoms with Crippen molar-refractivity contribution in [2.45, 2.75) is 6.18 Å². The van der Waals surface area contributed by atoms with Crippen molar-refractivity contribution >= 4 is 33.1 Å². The van der Waals surface area contributed by atoms with Crippen molar-refractivity contribution < 1.29 is 22.3 Å². The molecule has 9 heteroatoms. The van der Waals surface area contributed by atoms with Gasteiger partial charge in [-0.2, -0.15) is 13.2 Å². The second kappa shape index (κ2) is 7.25. The second-order valence-corrected chi connectivity index (χ2v) is 6.93. The highest BCUT2D eigenvalue weighted by Crippen LogP contribution is 2.33. The van der Waals surface area contributed by atoms with Gasteiger partial charge in [0.05, 0.1) is 23.9 Å². The van der Waals surface area contributed by atoms with Crippen LogP contribution in [0.15, 0.2) is 63.1 Å². The van der Waals surface area contributed by atoms with Gasteiger partial charge in [-0.05, 0) is 30.3 Å². The highest BCUT2D eigenvalue weighted by Gasteiger charge is 2.30. The van der Waals surface area contributed by atoms with Crippen LogP contribution < -0.4 is 15.7 Å². The average Bonchev–Trinajstić information content (AvgIpc) is 3.14. The molecule has 0 saturated heterocycles. The molecule has 0 unspecified atom stereocenters. The standard InChI is InChI=1S/C20H13F3N2O3S/c1-27-16-7-2-4-11-8-14(18(26)28-17(11)16)15-10-29-19(25-15)24-13-6-3-5-12(9-13)20(21,22)23/h2-10H,1H3,(H,24,25). The molecule has 1 N–H and O–H groups in total. The normalized spacial score (nSPS) is 11.6. The summed E-state index contributed by atoms with van der Waals surface area (Å²) in [6.45, 7) is 0. The van der Waals surface area contributed by atoms with E-state index < -0.39 is 17.4 Å². The maximum Gasteiger partial charge on any atom is 0.416 e. The lowest BCUT2D eigenvalue weighted by Crippen LogP contribution is -2.05. The third-order valence-corrected chi connectivity index (χ3v) is 4.92. The smallest absolute Gasteiger partial charge is 0.416 e. The third kappa shape index (κ3) is 3.81. The number of ether oxygens (including phenoxy) is 1. The fourth-order valence-electron chi connectivity index (χ4n) is 2.81. The maximum atomic E-state index is 12.9. The molecular formula is C20H13F3N2O3S. The largest absolute Gasteiger partial charge is 0.493 e. The quantitative estimate of drug-likeness (QED) is 0.432. The lowest BCUT2D eigenvalue weighted by Gasteiger charge is -2.09. The van der Waals surface area contributed by atoms with Crippen LogP contribution in [0.1, 0.15) is 5.56 Å². The Morgan fingerprint density at radius 1 is 1.14 bits per heavy atom. The fraction of sp³-hybridized carbons (Fsp3) is 0.100. The Labute approximate surface area is 166 Å². The number of hydrogen-bond acceptors (Lipinski definition) is 6. The Morgan fingerprint density at radius 3 is 2.69 bits per heavy atom. The summed E-state index contributed by atoms with van der Waals surface area (Å²) in [7, 11) is 1.48. The maximum absolute atomic E-state index is 12.9. The van der Waals surface area contributed by atoms with Crippen LogP contribution >= 0.6 is 11.3 Å². The number of anilines is 2.